The zero-order valence-corrected chi connectivity index (χ0v) is 15.6. The standard InChI is InChI=1S/C19H25N3O2S/c1-3-15-8-5-6-10-17(15)21-18(23)12-20-19(24)14-22(4-2)13-16-9-7-11-25-16/h5-11H,3-4,12-14H2,1-2H3,(H,20,24)(H,21,23)/p+1. The maximum absolute atomic E-state index is 12.1. The van der Waals surface area contributed by atoms with E-state index in [2.05, 4.69) is 23.6 Å². The number of amides is 2. The number of carbonyl (C=O) groups excluding carboxylic acids is 2. The largest absolute Gasteiger partial charge is 0.342 e. The topological polar surface area (TPSA) is 62.6 Å². The first kappa shape index (κ1) is 19.1. The van der Waals surface area contributed by atoms with Gasteiger partial charge in [0.05, 0.1) is 18.0 Å². The highest BCUT2D eigenvalue weighted by atomic mass is 32.1. The third-order valence-electron chi connectivity index (χ3n) is 4.03. The molecule has 1 atom stereocenters. The van der Waals surface area contributed by atoms with Crippen LogP contribution < -0.4 is 15.5 Å². The Bertz CT molecular complexity index is 686. The van der Waals surface area contributed by atoms with E-state index in [1.807, 2.05) is 42.6 Å². The Morgan fingerprint density at radius 1 is 1.08 bits per heavy atom. The minimum atomic E-state index is -0.203. The molecular weight excluding hydrogens is 334 g/mol. The van der Waals surface area contributed by atoms with Crippen LogP contribution in [0.2, 0.25) is 0 Å². The van der Waals surface area contributed by atoms with Crippen molar-refractivity contribution in [3.63, 3.8) is 0 Å². The summed E-state index contributed by atoms with van der Waals surface area (Å²) in [6.07, 6.45) is 0.848. The van der Waals surface area contributed by atoms with E-state index in [1.165, 1.54) is 9.78 Å². The molecule has 0 aliphatic carbocycles. The Labute approximate surface area is 153 Å². The van der Waals surface area contributed by atoms with E-state index >= 15 is 0 Å². The van der Waals surface area contributed by atoms with E-state index in [9.17, 15) is 9.59 Å². The van der Waals surface area contributed by atoms with Crippen LogP contribution in [0.4, 0.5) is 5.69 Å². The van der Waals surface area contributed by atoms with Crippen molar-refractivity contribution in [2.24, 2.45) is 0 Å². The number of para-hydroxylation sites is 1. The van der Waals surface area contributed by atoms with Gasteiger partial charge < -0.3 is 15.5 Å². The highest BCUT2D eigenvalue weighted by Crippen LogP contribution is 2.14. The second-order valence-corrected chi connectivity index (χ2v) is 6.90. The molecule has 1 aromatic carbocycles. The third-order valence-corrected chi connectivity index (χ3v) is 4.91. The molecule has 134 valence electrons. The van der Waals surface area contributed by atoms with Crippen LogP contribution in [0, 0.1) is 0 Å². The van der Waals surface area contributed by atoms with Crippen molar-refractivity contribution in [3.8, 4) is 0 Å². The lowest BCUT2D eigenvalue weighted by Crippen LogP contribution is -3.11. The average molecular weight is 361 g/mol. The molecule has 0 aliphatic rings. The zero-order chi connectivity index (χ0) is 18.1. The molecule has 2 rings (SSSR count). The van der Waals surface area contributed by atoms with Gasteiger partial charge in [-0.05, 0) is 36.4 Å². The number of hydrogen-bond donors (Lipinski definition) is 3. The molecule has 6 heteroatoms. The maximum atomic E-state index is 12.1. The molecule has 5 nitrogen and oxygen atoms in total. The van der Waals surface area contributed by atoms with Gasteiger partial charge in [-0.1, -0.05) is 31.2 Å². The molecule has 1 aromatic heterocycles. The molecule has 0 radical (unpaired) electrons. The maximum Gasteiger partial charge on any atom is 0.275 e. The summed E-state index contributed by atoms with van der Waals surface area (Å²) in [6.45, 7) is 6.16. The molecular formula is C19H26N3O2S+. The molecule has 25 heavy (non-hydrogen) atoms. The van der Waals surface area contributed by atoms with Gasteiger partial charge in [0.2, 0.25) is 5.91 Å². The van der Waals surface area contributed by atoms with Crippen molar-refractivity contribution in [2.75, 3.05) is 25.0 Å². The van der Waals surface area contributed by atoms with E-state index in [0.717, 1.165) is 30.8 Å². The molecule has 0 saturated carbocycles. The van der Waals surface area contributed by atoms with E-state index in [1.54, 1.807) is 11.3 Å². The molecule has 0 fully saturated rings. The Balaban J connectivity index is 1.77. The molecule has 3 N–H and O–H groups in total. The van der Waals surface area contributed by atoms with Gasteiger partial charge >= 0.3 is 0 Å². The van der Waals surface area contributed by atoms with Gasteiger partial charge in [-0.3, -0.25) is 9.59 Å². The highest BCUT2D eigenvalue weighted by molar-refractivity contribution is 7.09. The van der Waals surface area contributed by atoms with Gasteiger partial charge in [0, 0.05) is 5.69 Å². The van der Waals surface area contributed by atoms with Crippen LogP contribution in [0.15, 0.2) is 41.8 Å². The first-order chi connectivity index (χ1) is 12.1. The average Bonchev–Trinajstić information content (AvgIpc) is 3.13. The second-order valence-electron chi connectivity index (χ2n) is 5.87. The summed E-state index contributed by atoms with van der Waals surface area (Å²) in [5.41, 5.74) is 1.89. The van der Waals surface area contributed by atoms with Crippen LogP contribution in [0.1, 0.15) is 24.3 Å². The van der Waals surface area contributed by atoms with Gasteiger partial charge in [-0.25, -0.2) is 0 Å². The predicted molar refractivity (Wildman–Crippen MR) is 102 cm³/mol. The lowest BCUT2D eigenvalue weighted by molar-refractivity contribution is -0.903. The van der Waals surface area contributed by atoms with Crippen molar-refractivity contribution < 1.29 is 14.5 Å². The van der Waals surface area contributed by atoms with Crippen LogP contribution in [0.5, 0.6) is 0 Å². The van der Waals surface area contributed by atoms with E-state index < -0.39 is 0 Å². The van der Waals surface area contributed by atoms with Crippen molar-refractivity contribution >= 4 is 28.8 Å². The number of rotatable bonds is 9. The minimum Gasteiger partial charge on any atom is -0.342 e. The summed E-state index contributed by atoms with van der Waals surface area (Å²) in [5, 5.41) is 7.62. The fraction of sp³-hybridized carbons (Fsp3) is 0.368. The number of benzene rings is 1. The van der Waals surface area contributed by atoms with E-state index in [4.69, 9.17) is 0 Å². The molecule has 0 bridgehead atoms. The summed E-state index contributed by atoms with van der Waals surface area (Å²) in [5.74, 6) is -0.308. The van der Waals surface area contributed by atoms with Gasteiger partial charge in [0.1, 0.15) is 6.54 Å². The van der Waals surface area contributed by atoms with Crippen molar-refractivity contribution in [3.05, 3.63) is 52.2 Å². The normalized spacial score (nSPS) is 11.8. The Morgan fingerprint density at radius 2 is 1.88 bits per heavy atom. The summed E-state index contributed by atoms with van der Waals surface area (Å²) in [4.78, 5) is 26.6. The van der Waals surface area contributed by atoms with Crippen molar-refractivity contribution in [1.29, 1.82) is 0 Å². The Hall–Kier alpha value is -2.18. The fourth-order valence-electron chi connectivity index (χ4n) is 2.59. The van der Waals surface area contributed by atoms with Gasteiger partial charge in [0.25, 0.3) is 5.91 Å². The Morgan fingerprint density at radius 3 is 2.56 bits per heavy atom. The number of nitrogens with one attached hydrogen (secondary N) is 3. The smallest absolute Gasteiger partial charge is 0.275 e. The highest BCUT2D eigenvalue weighted by Gasteiger charge is 2.14. The van der Waals surface area contributed by atoms with E-state index in [0.29, 0.717) is 6.54 Å². The number of likely N-dealkylation sites (N-methyl/N-ethyl adjacent to an activating group) is 1. The summed E-state index contributed by atoms with van der Waals surface area (Å²) in [6, 6.07) is 11.8. The number of carbonyl (C=O) groups is 2. The van der Waals surface area contributed by atoms with Crippen LogP contribution in [0.25, 0.3) is 0 Å². The number of hydrogen-bond acceptors (Lipinski definition) is 3. The van der Waals surface area contributed by atoms with Gasteiger partial charge in [0.15, 0.2) is 6.54 Å². The van der Waals surface area contributed by atoms with Gasteiger partial charge in [-0.2, -0.15) is 0 Å². The number of quaternary nitrogens is 1. The lowest BCUT2D eigenvalue weighted by Gasteiger charge is -2.16. The molecule has 1 unspecified atom stereocenters. The number of aryl methyl sites for hydroxylation is 1. The van der Waals surface area contributed by atoms with Gasteiger partial charge in [-0.15, -0.1) is 11.3 Å². The summed E-state index contributed by atoms with van der Waals surface area (Å²) >= 11 is 1.70. The minimum absolute atomic E-state index is 0.00707. The second kappa shape index (κ2) is 9.96. The number of thiophene rings is 1. The van der Waals surface area contributed by atoms with Crippen LogP contribution in [-0.4, -0.2) is 31.4 Å². The summed E-state index contributed by atoms with van der Waals surface area (Å²) in [7, 11) is 0. The first-order valence-electron chi connectivity index (χ1n) is 8.62. The SMILES string of the molecule is CCc1ccccc1NC(=O)CNC(=O)C[NH+](CC)Cc1cccs1. The monoisotopic (exact) mass is 360 g/mol. The number of anilines is 1. The fourth-order valence-corrected chi connectivity index (χ4v) is 3.36. The first-order valence-corrected chi connectivity index (χ1v) is 9.50. The van der Waals surface area contributed by atoms with Crippen LogP contribution in [0.3, 0.4) is 0 Å². The third kappa shape index (κ3) is 6.32. The molecule has 2 aromatic rings. The Kier molecular flexibility index (Phi) is 7.63. The molecule has 0 spiro atoms. The van der Waals surface area contributed by atoms with Crippen molar-refractivity contribution in [1.82, 2.24) is 5.32 Å². The lowest BCUT2D eigenvalue weighted by atomic mass is 10.1. The quantitative estimate of drug-likeness (QED) is 0.634. The zero-order valence-electron chi connectivity index (χ0n) is 14.8. The molecule has 0 saturated heterocycles. The summed E-state index contributed by atoms with van der Waals surface area (Å²) < 4.78 is 0. The van der Waals surface area contributed by atoms with Crippen LogP contribution in [-0.2, 0) is 22.6 Å². The molecule has 0 aliphatic heterocycles. The molecule has 1 heterocycles. The van der Waals surface area contributed by atoms with E-state index in [-0.39, 0.29) is 18.4 Å². The van der Waals surface area contributed by atoms with Crippen molar-refractivity contribution in [2.45, 2.75) is 26.8 Å². The van der Waals surface area contributed by atoms with Crippen LogP contribution >= 0.6 is 11.3 Å². The molecule has 2 amide bonds. The predicted octanol–water partition coefficient (Wildman–Crippen LogP) is 1.47.